The fraction of sp³-hybridized carbons (Fsp3) is 0.211. The van der Waals surface area contributed by atoms with E-state index in [0.29, 0.717) is 17.8 Å². The van der Waals surface area contributed by atoms with Crippen LogP contribution < -0.4 is 5.14 Å². The van der Waals surface area contributed by atoms with E-state index in [1.165, 1.54) is 6.07 Å². The van der Waals surface area contributed by atoms with Crippen LogP contribution >= 0.6 is 0 Å². The lowest BCUT2D eigenvalue weighted by molar-refractivity contribution is 0.373. The van der Waals surface area contributed by atoms with Crippen molar-refractivity contribution in [2.24, 2.45) is 5.14 Å². The van der Waals surface area contributed by atoms with Crippen molar-refractivity contribution in [3.8, 4) is 22.4 Å². The molecule has 136 valence electrons. The highest BCUT2D eigenvalue weighted by Gasteiger charge is 2.20. The Hall–Kier alpha value is -2.48. The summed E-state index contributed by atoms with van der Waals surface area (Å²) in [5.74, 6) is 0. The molecule has 0 aliphatic rings. The van der Waals surface area contributed by atoms with Gasteiger partial charge in [0.2, 0.25) is 10.0 Å². The molecule has 3 rings (SSSR count). The highest BCUT2D eigenvalue weighted by atomic mass is 32.2. The summed E-state index contributed by atoms with van der Waals surface area (Å²) in [4.78, 5) is 2.15. The number of nitrogens with two attached hydrogens (primary N) is 1. The van der Waals surface area contributed by atoms with Gasteiger partial charge in [-0.3, -0.25) is 4.68 Å². The van der Waals surface area contributed by atoms with E-state index in [2.05, 4.69) is 10.00 Å². The predicted octanol–water partition coefficient (Wildman–Crippen LogP) is 2.43. The molecule has 7 heteroatoms. The maximum Gasteiger partial charge on any atom is 0.238 e. The molecule has 3 aromatic rings. The van der Waals surface area contributed by atoms with Crippen LogP contribution in [0.25, 0.3) is 22.4 Å². The molecule has 0 saturated heterocycles. The van der Waals surface area contributed by atoms with Crippen LogP contribution in [0.3, 0.4) is 0 Å². The monoisotopic (exact) mass is 370 g/mol. The van der Waals surface area contributed by atoms with E-state index in [4.69, 9.17) is 5.14 Å². The minimum atomic E-state index is -3.85. The number of rotatable bonds is 6. The van der Waals surface area contributed by atoms with Crippen LogP contribution in [0.5, 0.6) is 0 Å². The maximum absolute atomic E-state index is 12.0. The molecular formula is C19H22N4O2S. The van der Waals surface area contributed by atoms with Crippen molar-refractivity contribution in [3.63, 3.8) is 0 Å². The van der Waals surface area contributed by atoms with Crippen molar-refractivity contribution < 1.29 is 8.42 Å². The van der Waals surface area contributed by atoms with Crippen LogP contribution in [0.1, 0.15) is 0 Å². The van der Waals surface area contributed by atoms with E-state index < -0.39 is 10.0 Å². The van der Waals surface area contributed by atoms with Gasteiger partial charge in [0, 0.05) is 23.9 Å². The van der Waals surface area contributed by atoms with Crippen molar-refractivity contribution in [1.29, 1.82) is 0 Å². The van der Waals surface area contributed by atoms with Crippen molar-refractivity contribution in [3.05, 3.63) is 60.8 Å². The average molecular weight is 370 g/mol. The highest BCUT2D eigenvalue weighted by molar-refractivity contribution is 7.89. The molecule has 0 aliphatic heterocycles. The molecule has 0 unspecified atom stereocenters. The Morgan fingerprint density at radius 1 is 1.00 bits per heavy atom. The lowest BCUT2D eigenvalue weighted by Crippen LogP contribution is -2.18. The van der Waals surface area contributed by atoms with Gasteiger partial charge in [-0.25, -0.2) is 13.6 Å². The Morgan fingerprint density at radius 2 is 1.65 bits per heavy atom. The van der Waals surface area contributed by atoms with Crippen LogP contribution in [-0.2, 0) is 16.6 Å². The Kier molecular flexibility index (Phi) is 5.22. The average Bonchev–Trinajstić information content (AvgIpc) is 3.04. The summed E-state index contributed by atoms with van der Waals surface area (Å²) in [7, 11) is 0.143. The molecule has 0 radical (unpaired) electrons. The number of hydrogen-bond donors (Lipinski definition) is 1. The second kappa shape index (κ2) is 7.41. The summed E-state index contributed by atoms with van der Waals surface area (Å²) < 4.78 is 25.9. The van der Waals surface area contributed by atoms with E-state index in [1.807, 2.05) is 55.3 Å². The standard InChI is InChI=1S/C19H22N4O2S/c1-22(2)12-13-23-14-17(15-8-4-3-5-9-15)19(21-23)16-10-6-7-11-18(16)26(20,24)25/h3-11,14H,12-13H2,1-2H3,(H2,20,24,25). The number of nitrogens with zero attached hydrogens (tertiary/aromatic N) is 3. The van der Waals surface area contributed by atoms with Gasteiger partial charge in [-0.1, -0.05) is 48.5 Å². The maximum atomic E-state index is 12.0. The third kappa shape index (κ3) is 4.01. The van der Waals surface area contributed by atoms with Crippen LogP contribution in [0.15, 0.2) is 65.7 Å². The zero-order valence-corrected chi connectivity index (χ0v) is 15.6. The lowest BCUT2D eigenvalue weighted by Gasteiger charge is -2.09. The number of sulfonamides is 1. The first-order valence-electron chi connectivity index (χ1n) is 8.26. The second-order valence-corrected chi connectivity index (χ2v) is 7.89. The molecule has 0 spiro atoms. The molecule has 0 fully saturated rings. The molecule has 1 aromatic heterocycles. The van der Waals surface area contributed by atoms with Crippen LogP contribution in [0.2, 0.25) is 0 Å². The summed E-state index contributed by atoms with van der Waals surface area (Å²) in [5, 5.41) is 10.1. The van der Waals surface area contributed by atoms with Gasteiger partial charge in [-0.05, 0) is 25.7 Å². The fourth-order valence-corrected chi connectivity index (χ4v) is 3.52. The first kappa shape index (κ1) is 18.3. The number of hydrogen-bond acceptors (Lipinski definition) is 4. The Labute approximate surface area is 153 Å². The van der Waals surface area contributed by atoms with Crippen molar-refractivity contribution in [1.82, 2.24) is 14.7 Å². The van der Waals surface area contributed by atoms with E-state index in [-0.39, 0.29) is 4.90 Å². The summed E-state index contributed by atoms with van der Waals surface area (Å²) in [6, 6.07) is 16.5. The number of aromatic nitrogens is 2. The van der Waals surface area contributed by atoms with E-state index in [9.17, 15) is 8.42 Å². The normalized spacial score (nSPS) is 11.8. The quantitative estimate of drug-likeness (QED) is 0.722. The SMILES string of the molecule is CN(C)CCn1cc(-c2ccccc2)c(-c2ccccc2S(N)(=O)=O)n1. The predicted molar refractivity (Wildman–Crippen MR) is 103 cm³/mol. The van der Waals surface area contributed by atoms with Gasteiger partial charge < -0.3 is 4.90 Å². The van der Waals surface area contributed by atoms with Gasteiger partial charge >= 0.3 is 0 Å². The van der Waals surface area contributed by atoms with Crippen molar-refractivity contribution in [2.75, 3.05) is 20.6 Å². The molecule has 0 bridgehead atoms. The van der Waals surface area contributed by atoms with Crippen LogP contribution in [-0.4, -0.2) is 43.7 Å². The van der Waals surface area contributed by atoms with Gasteiger partial charge in [0.05, 0.1) is 11.4 Å². The Bertz CT molecular complexity index is 995. The summed E-state index contributed by atoms with van der Waals surface area (Å²) in [6.07, 6.45) is 1.95. The first-order valence-corrected chi connectivity index (χ1v) is 9.80. The molecule has 2 N–H and O–H groups in total. The van der Waals surface area contributed by atoms with Gasteiger partial charge in [-0.15, -0.1) is 0 Å². The lowest BCUT2D eigenvalue weighted by atomic mass is 10.0. The number of benzene rings is 2. The third-order valence-corrected chi connectivity index (χ3v) is 5.04. The van der Waals surface area contributed by atoms with E-state index in [0.717, 1.165) is 17.7 Å². The number of likely N-dealkylation sites (N-methyl/N-ethyl adjacent to an activating group) is 1. The topological polar surface area (TPSA) is 81.2 Å². The molecule has 0 saturated carbocycles. The van der Waals surface area contributed by atoms with Crippen molar-refractivity contribution in [2.45, 2.75) is 11.4 Å². The first-order chi connectivity index (χ1) is 12.4. The fourth-order valence-electron chi connectivity index (χ4n) is 2.78. The van der Waals surface area contributed by atoms with Gasteiger partial charge in [0.25, 0.3) is 0 Å². The Balaban J connectivity index is 2.18. The Morgan fingerprint density at radius 3 is 2.31 bits per heavy atom. The van der Waals surface area contributed by atoms with E-state index in [1.54, 1.807) is 18.2 Å². The van der Waals surface area contributed by atoms with Gasteiger partial charge in [0.15, 0.2) is 0 Å². The molecule has 0 aliphatic carbocycles. The number of primary sulfonamides is 1. The largest absolute Gasteiger partial charge is 0.308 e. The zero-order valence-electron chi connectivity index (χ0n) is 14.8. The van der Waals surface area contributed by atoms with Crippen molar-refractivity contribution >= 4 is 10.0 Å². The van der Waals surface area contributed by atoms with Gasteiger partial charge in [-0.2, -0.15) is 5.10 Å². The van der Waals surface area contributed by atoms with E-state index >= 15 is 0 Å². The molecule has 0 atom stereocenters. The smallest absolute Gasteiger partial charge is 0.238 e. The van der Waals surface area contributed by atoms with Crippen LogP contribution in [0.4, 0.5) is 0 Å². The summed E-state index contributed by atoms with van der Waals surface area (Å²) in [6.45, 7) is 1.52. The van der Waals surface area contributed by atoms with Gasteiger partial charge in [0.1, 0.15) is 5.69 Å². The summed E-state index contributed by atoms with van der Waals surface area (Å²) >= 11 is 0. The molecule has 6 nitrogen and oxygen atoms in total. The molecular weight excluding hydrogens is 348 g/mol. The third-order valence-electron chi connectivity index (χ3n) is 4.07. The zero-order chi connectivity index (χ0) is 18.7. The molecule has 2 aromatic carbocycles. The highest BCUT2D eigenvalue weighted by Crippen LogP contribution is 2.34. The molecule has 1 heterocycles. The summed E-state index contributed by atoms with van der Waals surface area (Å²) in [5.41, 5.74) is 2.97. The molecule has 0 amide bonds. The second-order valence-electron chi connectivity index (χ2n) is 6.36. The van der Waals surface area contributed by atoms with Crippen LogP contribution in [0, 0.1) is 0 Å². The molecule has 26 heavy (non-hydrogen) atoms. The minimum absolute atomic E-state index is 0.0787. The minimum Gasteiger partial charge on any atom is -0.308 e.